The second kappa shape index (κ2) is 5.57. The smallest absolute Gasteiger partial charge is 0.407 e. The van der Waals surface area contributed by atoms with Crippen molar-refractivity contribution in [2.75, 3.05) is 7.11 Å². The van der Waals surface area contributed by atoms with Crippen LogP contribution in [-0.2, 0) is 0 Å². The number of hydrogen-bond donors (Lipinski definition) is 0. The molecule has 0 atom stereocenters. The Morgan fingerprint density at radius 2 is 1.67 bits per heavy atom. The van der Waals surface area contributed by atoms with Gasteiger partial charge in [-0.05, 0) is 13.8 Å². The van der Waals surface area contributed by atoms with E-state index in [2.05, 4.69) is 9.84 Å². The summed E-state index contributed by atoms with van der Waals surface area (Å²) in [6.07, 6.45) is -10.6. The molecule has 0 unspecified atom stereocenters. The Kier molecular flexibility index (Phi) is 4.59. The lowest BCUT2D eigenvalue weighted by Gasteiger charge is -2.22. The summed E-state index contributed by atoms with van der Waals surface area (Å²) < 4.78 is 81.1. The van der Waals surface area contributed by atoms with Gasteiger partial charge in [-0.3, -0.25) is 9.48 Å². The topological polar surface area (TPSA) is 44.1 Å². The van der Waals surface area contributed by atoms with Gasteiger partial charge in [0.2, 0.25) is 11.7 Å². The molecule has 1 rings (SSSR count). The van der Waals surface area contributed by atoms with Crippen molar-refractivity contribution in [3.63, 3.8) is 0 Å². The number of carbonyl (C=O) groups is 1. The van der Waals surface area contributed by atoms with E-state index in [0.29, 0.717) is 0 Å². The number of Topliss-reactive ketones (excluding diaryl/α,β-unsaturated/α-hetero) is 1. The minimum Gasteiger partial charge on any atom is -0.493 e. The molecular formula is C11H12F6N2O2. The predicted molar refractivity (Wildman–Crippen MR) is 59.1 cm³/mol. The molecule has 1 heterocycles. The summed E-state index contributed by atoms with van der Waals surface area (Å²) in [6, 6.07) is -0.616. The lowest BCUT2D eigenvalue weighted by molar-refractivity contribution is -0.265. The monoisotopic (exact) mass is 318 g/mol. The van der Waals surface area contributed by atoms with E-state index < -0.39 is 41.5 Å². The summed E-state index contributed by atoms with van der Waals surface area (Å²) >= 11 is 0. The average molecular weight is 318 g/mol. The zero-order valence-electron chi connectivity index (χ0n) is 11.2. The third-order valence-corrected chi connectivity index (χ3v) is 2.62. The van der Waals surface area contributed by atoms with Crippen molar-refractivity contribution in [1.29, 1.82) is 0 Å². The zero-order valence-corrected chi connectivity index (χ0v) is 11.2. The van der Waals surface area contributed by atoms with E-state index in [1.165, 1.54) is 13.8 Å². The van der Waals surface area contributed by atoms with Crippen molar-refractivity contribution in [2.24, 2.45) is 5.92 Å². The lowest BCUT2D eigenvalue weighted by Crippen LogP contribution is -2.43. The van der Waals surface area contributed by atoms with Crippen molar-refractivity contribution in [3.05, 3.63) is 11.9 Å². The molecule has 0 saturated heterocycles. The van der Waals surface area contributed by atoms with Crippen LogP contribution in [0.15, 0.2) is 6.20 Å². The van der Waals surface area contributed by atoms with E-state index in [9.17, 15) is 31.1 Å². The number of hydrogen-bond acceptors (Lipinski definition) is 3. The molecule has 0 aliphatic carbocycles. The van der Waals surface area contributed by atoms with Gasteiger partial charge in [-0.25, -0.2) is 0 Å². The van der Waals surface area contributed by atoms with Crippen LogP contribution >= 0.6 is 0 Å². The Morgan fingerprint density at radius 3 is 2.00 bits per heavy atom. The average Bonchev–Trinajstić information content (AvgIpc) is 2.67. The van der Waals surface area contributed by atoms with Crippen LogP contribution in [0.4, 0.5) is 26.3 Å². The molecule has 21 heavy (non-hydrogen) atoms. The van der Waals surface area contributed by atoms with Gasteiger partial charge in [0.05, 0.1) is 13.3 Å². The SMILES string of the molecule is COc1cnn(C(C)C)c1C(=O)C(C(F)(F)F)C(F)(F)F. The van der Waals surface area contributed by atoms with Gasteiger partial charge in [-0.15, -0.1) is 0 Å². The molecular weight excluding hydrogens is 306 g/mol. The van der Waals surface area contributed by atoms with E-state index in [1.54, 1.807) is 0 Å². The van der Waals surface area contributed by atoms with Gasteiger partial charge < -0.3 is 4.74 Å². The van der Waals surface area contributed by atoms with E-state index >= 15 is 0 Å². The van der Waals surface area contributed by atoms with Crippen LogP contribution in [0, 0.1) is 5.92 Å². The van der Waals surface area contributed by atoms with E-state index in [-0.39, 0.29) is 0 Å². The highest BCUT2D eigenvalue weighted by Crippen LogP contribution is 2.42. The maximum atomic E-state index is 12.6. The van der Waals surface area contributed by atoms with Crippen LogP contribution < -0.4 is 4.74 Å². The van der Waals surface area contributed by atoms with Crippen LogP contribution in [-0.4, -0.2) is 35.0 Å². The summed E-state index contributed by atoms with van der Waals surface area (Å²) in [7, 11) is 1.02. The van der Waals surface area contributed by atoms with Gasteiger partial charge in [0.15, 0.2) is 5.75 Å². The molecule has 0 spiro atoms. The van der Waals surface area contributed by atoms with Crippen molar-refractivity contribution in [1.82, 2.24) is 9.78 Å². The lowest BCUT2D eigenvalue weighted by atomic mass is 9.99. The molecule has 0 bridgehead atoms. The van der Waals surface area contributed by atoms with Crippen molar-refractivity contribution >= 4 is 5.78 Å². The third kappa shape index (κ3) is 3.48. The molecule has 0 aliphatic heterocycles. The highest BCUT2D eigenvalue weighted by Gasteiger charge is 2.62. The number of carbonyl (C=O) groups excluding carboxylic acids is 1. The molecule has 10 heteroatoms. The summed E-state index contributed by atoms with van der Waals surface area (Å²) in [6.45, 7) is 2.92. The molecule has 0 fully saturated rings. The number of aromatic nitrogens is 2. The Hall–Kier alpha value is -1.74. The number of alkyl halides is 6. The Labute approximate surface area is 115 Å². The highest BCUT2D eigenvalue weighted by atomic mass is 19.4. The summed E-state index contributed by atoms with van der Waals surface area (Å²) in [5, 5.41) is 3.59. The quantitative estimate of drug-likeness (QED) is 0.631. The first-order valence-corrected chi connectivity index (χ1v) is 5.70. The zero-order chi connectivity index (χ0) is 16.6. The molecule has 0 saturated carbocycles. The van der Waals surface area contributed by atoms with Crippen molar-refractivity contribution in [3.8, 4) is 5.75 Å². The molecule has 0 aliphatic rings. The number of halogens is 6. The first-order valence-electron chi connectivity index (χ1n) is 5.70. The normalized spacial score (nSPS) is 13.1. The summed E-state index contributed by atoms with van der Waals surface area (Å²) in [4.78, 5) is 11.8. The van der Waals surface area contributed by atoms with Crippen molar-refractivity contribution in [2.45, 2.75) is 32.2 Å². The second-order valence-corrected chi connectivity index (χ2v) is 4.48. The largest absolute Gasteiger partial charge is 0.493 e. The van der Waals surface area contributed by atoms with Gasteiger partial charge >= 0.3 is 12.4 Å². The maximum absolute atomic E-state index is 12.6. The first-order chi connectivity index (χ1) is 9.41. The van der Waals surface area contributed by atoms with E-state index in [0.717, 1.165) is 18.0 Å². The third-order valence-electron chi connectivity index (χ3n) is 2.62. The van der Waals surface area contributed by atoms with E-state index in [1.807, 2.05) is 0 Å². The van der Waals surface area contributed by atoms with Gasteiger partial charge in [0, 0.05) is 6.04 Å². The van der Waals surface area contributed by atoms with Crippen LogP contribution in [0.3, 0.4) is 0 Å². The summed E-state index contributed by atoms with van der Waals surface area (Å²) in [5.74, 6) is -6.70. The number of ketones is 1. The van der Waals surface area contributed by atoms with Crippen LogP contribution in [0.2, 0.25) is 0 Å². The summed E-state index contributed by atoms with van der Waals surface area (Å²) in [5.41, 5.74) is -0.854. The molecule has 4 nitrogen and oxygen atoms in total. The number of ether oxygens (including phenoxy) is 1. The fourth-order valence-electron chi connectivity index (χ4n) is 1.74. The van der Waals surface area contributed by atoms with Gasteiger partial charge in [-0.2, -0.15) is 31.4 Å². The Morgan fingerprint density at radius 1 is 1.19 bits per heavy atom. The van der Waals surface area contributed by atoms with Crippen molar-refractivity contribution < 1.29 is 35.9 Å². The number of rotatable bonds is 4. The first kappa shape index (κ1) is 17.3. The van der Waals surface area contributed by atoms with Crippen LogP contribution in [0.25, 0.3) is 0 Å². The maximum Gasteiger partial charge on any atom is 0.407 e. The minimum absolute atomic E-state index is 0.438. The molecule has 0 aromatic carbocycles. The molecule has 1 aromatic heterocycles. The van der Waals surface area contributed by atoms with Gasteiger partial charge in [0.1, 0.15) is 5.69 Å². The fourth-order valence-corrected chi connectivity index (χ4v) is 1.74. The van der Waals surface area contributed by atoms with Crippen LogP contribution in [0.1, 0.15) is 30.4 Å². The number of methoxy groups -OCH3 is 1. The fraction of sp³-hybridized carbons (Fsp3) is 0.636. The highest BCUT2D eigenvalue weighted by molar-refractivity contribution is 5.99. The van der Waals surface area contributed by atoms with Crippen LogP contribution in [0.5, 0.6) is 5.75 Å². The Bertz CT molecular complexity index is 504. The van der Waals surface area contributed by atoms with Gasteiger partial charge in [-0.1, -0.05) is 0 Å². The standard InChI is InChI=1S/C11H12F6N2O2/c1-5(2)19-7(6(21-3)4-18-19)8(20)9(10(12,13)14)11(15,16)17/h4-5,9H,1-3H3. The molecule has 0 amide bonds. The Balaban J connectivity index is 3.44. The molecule has 0 radical (unpaired) electrons. The molecule has 120 valence electrons. The molecule has 1 aromatic rings. The second-order valence-electron chi connectivity index (χ2n) is 4.48. The van der Waals surface area contributed by atoms with E-state index in [4.69, 9.17) is 0 Å². The number of nitrogens with zero attached hydrogens (tertiary/aromatic N) is 2. The molecule has 0 N–H and O–H groups in total. The minimum atomic E-state index is -5.76. The predicted octanol–water partition coefficient (Wildman–Crippen LogP) is 3.40. The van der Waals surface area contributed by atoms with Gasteiger partial charge in [0.25, 0.3) is 0 Å².